The number of fused-ring (bicyclic) bond motifs is 1. The van der Waals surface area contributed by atoms with Crippen LogP contribution in [0.2, 0.25) is 5.02 Å². The number of rotatable bonds is 9. The highest BCUT2D eigenvalue weighted by molar-refractivity contribution is 6.31. The van der Waals surface area contributed by atoms with E-state index in [9.17, 15) is 27.5 Å². The molecule has 2 fully saturated rings. The number of aliphatic hydroxyl groups is 1. The summed E-state index contributed by atoms with van der Waals surface area (Å²) in [7, 11) is 1.46. The molecule has 6 rings (SSSR count). The fourth-order valence-corrected chi connectivity index (χ4v) is 5.33. The van der Waals surface area contributed by atoms with Crippen LogP contribution >= 0.6 is 11.6 Å². The molecule has 1 unspecified atom stereocenters. The molecule has 2 saturated carbocycles. The van der Waals surface area contributed by atoms with Gasteiger partial charge in [-0.2, -0.15) is 13.2 Å². The Morgan fingerprint density at radius 3 is 2.52 bits per heavy atom. The quantitative estimate of drug-likeness (QED) is 0.284. The molecule has 3 aliphatic rings. The van der Waals surface area contributed by atoms with Gasteiger partial charge in [0.15, 0.2) is 11.5 Å². The average Bonchev–Trinajstić information content (AvgIpc) is 3.90. The summed E-state index contributed by atoms with van der Waals surface area (Å²) < 4.78 is 72.5. The maximum Gasteiger partial charge on any atom is 0.399 e. The average molecular weight is 607 g/mol. The Balaban J connectivity index is 1.34. The fourth-order valence-electron chi connectivity index (χ4n) is 5.15. The lowest BCUT2D eigenvalue weighted by Gasteiger charge is -2.29. The number of ether oxygens (including phenoxy) is 3. The van der Waals surface area contributed by atoms with E-state index in [2.05, 4.69) is 10.3 Å². The second-order valence-electron chi connectivity index (χ2n) is 10.9. The number of nitrogens with zero attached hydrogens (tertiary/aromatic N) is 1. The number of benzene rings is 2. The number of pyridine rings is 1. The van der Waals surface area contributed by atoms with Crippen LogP contribution in [0.5, 0.6) is 17.2 Å². The molecular formula is C30H27ClF4N2O5. The van der Waals surface area contributed by atoms with Crippen LogP contribution in [0.1, 0.15) is 53.2 Å². The van der Waals surface area contributed by atoms with E-state index in [0.717, 1.165) is 18.9 Å². The van der Waals surface area contributed by atoms with Gasteiger partial charge in [0, 0.05) is 16.7 Å². The van der Waals surface area contributed by atoms with E-state index >= 15 is 0 Å². The van der Waals surface area contributed by atoms with Gasteiger partial charge in [0.2, 0.25) is 0 Å². The van der Waals surface area contributed by atoms with Crippen LogP contribution in [0, 0.1) is 11.7 Å². The van der Waals surface area contributed by atoms with E-state index < -0.39 is 36.0 Å². The standard InChI is InChI=1S/C30H27ClF4N2O5/c1-40-24-11-16(3-9-23(24)42-18-6-7-18)28(38)36-14-29(39,17-4-5-17)25-12-19-20(30(33,34)35)13-41-27(19)26(37-25)15-2-8-22(32)21(31)10-15/h2-3,8-12,17-18,20,39H,4-7,13-14H2,1H3,(H,36,38)/t20-,29?/m1/s1. The van der Waals surface area contributed by atoms with Crippen molar-refractivity contribution in [3.63, 3.8) is 0 Å². The molecule has 1 aromatic heterocycles. The van der Waals surface area contributed by atoms with Crippen LogP contribution < -0.4 is 19.5 Å². The van der Waals surface area contributed by atoms with Crippen molar-refractivity contribution in [2.75, 3.05) is 20.3 Å². The molecule has 7 nitrogen and oxygen atoms in total. The number of hydrogen-bond acceptors (Lipinski definition) is 6. The summed E-state index contributed by atoms with van der Waals surface area (Å²) in [5.41, 5.74) is -1.56. The number of carbonyl (C=O) groups is 1. The van der Waals surface area contributed by atoms with Gasteiger partial charge in [-0.15, -0.1) is 0 Å². The molecule has 0 saturated heterocycles. The Bertz CT molecular complexity index is 1540. The highest BCUT2D eigenvalue weighted by atomic mass is 35.5. The summed E-state index contributed by atoms with van der Waals surface area (Å²) in [4.78, 5) is 17.7. The SMILES string of the molecule is COc1cc(C(=O)NCC(O)(c2cc3c(c(-c4ccc(F)c(Cl)c4)n2)OC[C@H]3C(F)(F)F)C2CC2)ccc1OC1CC1. The number of methoxy groups -OCH3 is 1. The normalized spacial score (nSPS) is 19.5. The van der Waals surface area contributed by atoms with Gasteiger partial charge in [0.1, 0.15) is 35.4 Å². The van der Waals surface area contributed by atoms with Gasteiger partial charge >= 0.3 is 6.18 Å². The van der Waals surface area contributed by atoms with E-state index in [0.29, 0.717) is 24.3 Å². The lowest BCUT2D eigenvalue weighted by molar-refractivity contribution is -0.151. The van der Waals surface area contributed by atoms with E-state index in [-0.39, 0.29) is 57.4 Å². The summed E-state index contributed by atoms with van der Waals surface area (Å²) in [5, 5.41) is 14.4. The molecule has 2 N–H and O–H groups in total. The molecule has 1 amide bonds. The van der Waals surface area contributed by atoms with Crippen molar-refractivity contribution in [3.05, 3.63) is 70.1 Å². The van der Waals surface area contributed by atoms with Crippen molar-refractivity contribution < 1.29 is 41.7 Å². The lowest BCUT2D eigenvalue weighted by atomic mass is 9.88. The predicted molar refractivity (Wildman–Crippen MR) is 145 cm³/mol. The summed E-state index contributed by atoms with van der Waals surface area (Å²) in [6.45, 7) is -0.973. The maximum absolute atomic E-state index is 14.0. The minimum absolute atomic E-state index is 0.00228. The van der Waals surface area contributed by atoms with Crippen molar-refractivity contribution >= 4 is 17.5 Å². The Labute approximate surface area is 243 Å². The Kier molecular flexibility index (Phi) is 7.21. The van der Waals surface area contributed by atoms with Gasteiger partial charge in [-0.1, -0.05) is 11.6 Å². The van der Waals surface area contributed by atoms with Crippen molar-refractivity contribution in [3.8, 4) is 28.5 Å². The third-order valence-electron chi connectivity index (χ3n) is 7.82. The molecule has 222 valence electrons. The molecule has 0 radical (unpaired) electrons. The van der Waals surface area contributed by atoms with Crippen LogP contribution in [-0.2, 0) is 5.60 Å². The molecule has 0 bridgehead atoms. The number of carbonyl (C=O) groups excluding carboxylic acids is 1. The molecular weight excluding hydrogens is 580 g/mol. The van der Waals surface area contributed by atoms with Crippen LogP contribution in [0.25, 0.3) is 11.3 Å². The second kappa shape index (κ2) is 10.6. The Morgan fingerprint density at radius 2 is 1.88 bits per heavy atom. The topological polar surface area (TPSA) is 89.9 Å². The largest absolute Gasteiger partial charge is 0.493 e. The predicted octanol–water partition coefficient (Wildman–Crippen LogP) is 6.16. The zero-order chi connectivity index (χ0) is 29.8. The smallest absolute Gasteiger partial charge is 0.399 e. The van der Waals surface area contributed by atoms with Gasteiger partial charge in [0.25, 0.3) is 5.91 Å². The van der Waals surface area contributed by atoms with Gasteiger partial charge in [-0.3, -0.25) is 4.79 Å². The summed E-state index contributed by atoms with van der Waals surface area (Å²) in [6.07, 6.45) is -1.42. The Morgan fingerprint density at radius 1 is 1.12 bits per heavy atom. The maximum atomic E-state index is 14.0. The van der Waals surface area contributed by atoms with Crippen LogP contribution in [0.4, 0.5) is 17.6 Å². The van der Waals surface area contributed by atoms with Crippen molar-refractivity contribution in [1.82, 2.24) is 10.3 Å². The number of halogens is 5. The molecule has 2 aliphatic carbocycles. The Hall–Kier alpha value is -3.57. The van der Waals surface area contributed by atoms with Gasteiger partial charge in [-0.05, 0) is 74.1 Å². The summed E-state index contributed by atoms with van der Waals surface area (Å²) in [5.74, 6) is -2.74. The third kappa shape index (κ3) is 5.47. The molecule has 2 atom stereocenters. The van der Waals surface area contributed by atoms with Gasteiger partial charge in [0.05, 0.1) is 30.5 Å². The first-order chi connectivity index (χ1) is 20.0. The van der Waals surface area contributed by atoms with E-state index in [1.165, 1.54) is 31.4 Å². The molecule has 2 heterocycles. The van der Waals surface area contributed by atoms with Crippen molar-refractivity contribution in [2.45, 2.75) is 49.5 Å². The third-order valence-corrected chi connectivity index (χ3v) is 8.11. The van der Waals surface area contributed by atoms with Crippen molar-refractivity contribution in [1.29, 1.82) is 0 Å². The first kappa shape index (κ1) is 28.5. The lowest BCUT2D eigenvalue weighted by Crippen LogP contribution is -2.43. The molecule has 2 aromatic carbocycles. The van der Waals surface area contributed by atoms with Gasteiger partial charge in [-0.25, -0.2) is 9.37 Å². The number of aromatic nitrogens is 1. The number of nitrogens with one attached hydrogen (secondary N) is 1. The first-order valence-corrected chi connectivity index (χ1v) is 13.9. The molecule has 1 aliphatic heterocycles. The monoisotopic (exact) mass is 606 g/mol. The van der Waals surface area contributed by atoms with Crippen molar-refractivity contribution in [2.24, 2.45) is 5.92 Å². The summed E-state index contributed by atoms with van der Waals surface area (Å²) in [6, 6.07) is 9.59. The van der Waals surface area contributed by atoms with Crippen LogP contribution in [0.15, 0.2) is 42.5 Å². The number of hydrogen-bond donors (Lipinski definition) is 2. The zero-order valence-electron chi connectivity index (χ0n) is 22.4. The summed E-state index contributed by atoms with van der Waals surface area (Å²) >= 11 is 5.97. The first-order valence-electron chi connectivity index (χ1n) is 13.5. The second-order valence-corrected chi connectivity index (χ2v) is 11.3. The fraction of sp³-hybridized carbons (Fsp3) is 0.400. The molecule has 42 heavy (non-hydrogen) atoms. The number of alkyl halides is 3. The minimum Gasteiger partial charge on any atom is -0.493 e. The van der Waals surface area contributed by atoms with Gasteiger partial charge < -0.3 is 24.6 Å². The molecule has 3 aromatic rings. The van der Waals surface area contributed by atoms with Crippen LogP contribution in [0.3, 0.4) is 0 Å². The zero-order valence-corrected chi connectivity index (χ0v) is 23.2. The van der Waals surface area contributed by atoms with E-state index in [4.69, 9.17) is 25.8 Å². The van der Waals surface area contributed by atoms with Crippen LogP contribution in [-0.4, -0.2) is 48.5 Å². The highest BCUT2D eigenvalue weighted by Crippen LogP contribution is 2.51. The minimum atomic E-state index is -4.62. The number of amides is 1. The molecule has 12 heteroatoms. The van der Waals surface area contributed by atoms with E-state index in [1.807, 2.05) is 0 Å². The van der Waals surface area contributed by atoms with E-state index in [1.54, 1.807) is 12.1 Å². The highest BCUT2D eigenvalue weighted by Gasteiger charge is 2.51. The molecule has 0 spiro atoms.